The Hall–Kier alpha value is -1.50. The minimum Gasteiger partial charge on any atom is -0.337 e. The molecule has 1 fully saturated rings. The summed E-state index contributed by atoms with van der Waals surface area (Å²) in [5, 5.41) is 14.2. The Morgan fingerprint density at radius 1 is 1.61 bits per heavy atom. The molecule has 1 aromatic heterocycles. The number of tetrazole rings is 1. The van der Waals surface area contributed by atoms with E-state index in [0.717, 1.165) is 19.5 Å². The average Bonchev–Trinajstić information content (AvgIpc) is 2.97. The Balaban J connectivity index is 1.93. The molecule has 7 nitrogen and oxygen atoms in total. The third-order valence-electron chi connectivity index (χ3n) is 3.21. The molecule has 1 amide bonds. The van der Waals surface area contributed by atoms with E-state index in [-0.39, 0.29) is 18.5 Å². The van der Waals surface area contributed by atoms with Crippen molar-refractivity contribution in [2.75, 3.05) is 13.1 Å². The van der Waals surface area contributed by atoms with Crippen molar-refractivity contribution in [3.05, 3.63) is 6.33 Å². The van der Waals surface area contributed by atoms with Gasteiger partial charge in [-0.25, -0.2) is 4.68 Å². The topological polar surface area (TPSA) is 75.9 Å². The Labute approximate surface area is 107 Å². The number of rotatable bonds is 5. The molecule has 2 rings (SSSR count). The Morgan fingerprint density at radius 2 is 2.44 bits per heavy atom. The predicted molar refractivity (Wildman–Crippen MR) is 65.7 cm³/mol. The monoisotopic (exact) mass is 252 g/mol. The van der Waals surface area contributed by atoms with Gasteiger partial charge in [0.2, 0.25) is 5.91 Å². The van der Waals surface area contributed by atoms with Crippen molar-refractivity contribution < 1.29 is 4.79 Å². The van der Waals surface area contributed by atoms with Crippen molar-refractivity contribution in [2.24, 2.45) is 0 Å². The molecule has 0 radical (unpaired) electrons. The highest BCUT2D eigenvalue weighted by Crippen LogP contribution is 2.10. The fraction of sp³-hybridized carbons (Fsp3) is 0.818. The van der Waals surface area contributed by atoms with E-state index in [1.807, 2.05) is 18.7 Å². The van der Waals surface area contributed by atoms with Crippen LogP contribution in [0.3, 0.4) is 0 Å². The van der Waals surface area contributed by atoms with E-state index in [1.165, 1.54) is 17.4 Å². The van der Waals surface area contributed by atoms with Crippen LogP contribution in [0.5, 0.6) is 0 Å². The summed E-state index contributed by atoms with van der Waals surface area (Å²) < 4.78 is 1.46. The molecule has 0 saturated carbocycles. The maximum absolute atomic E-state index is 12.2. The van der Waals surface area contributed by atoms with Crippen molar-refractivity contribution in [3.8, 4) is 0 Å². The van der Waals surface area contributed by atoms with Crippen LogP contribution in [0.2, 0.25) is 0 Å². The summed E-state index contributed by atoms with van der Waals surface area (Å²) in [7, 11) is 0. The third-order valence-corrected chi connectivity index (χ3v) is 3.21. The second-order valence-electron chi connectivity index (χ2n) is 4.94. The van der Waals surface area contributed by atoms with Crippen LogP contribution in [0.4, 0.5) is 0 Å². The molecule has 0 aliphatic carbocycles. The van der Waals surface area contributed by atoms with Crippen LogP contribution in [0.25, 0.3) is 0 Å². The van der Waals surface area contributed by atoms with Crippen LogP contribution in [0.1, 0.15) is 26.7 Å². The molecule has 1 saturated heterocycles. The van der Waals surface area contributed by atoms with Gasteiger partial charge in [0, 0.05) is 18.6 Å². The first kappa shape index (κ1) is 12.9. The molecule has 1 aliphatic heterocycles. The van der Waals surface area contributed by atoms with Crippen LogP contribution in [-0.2, 0) is 11.3 Å². The number of carbonyl (C=O) groups excluding carboxylic acids is 1. The minimum atomic E-state index is 0.0611. The molecule has 1 N–H and O–H groups in total. The number of nitrogens with one attached hydrogen (secondary N) is 1. The van der Waals surface area contributed by atoms with E-state index in [0.29, 0.717) is 6.04 Å². The number of hydrogen-bond acceptors (Lipinski definition) is 5. The standard InChI is InChI=1S/C11H20N6O/c1-9(2)17(6-10-4-3-5-12-10)11(18)7-16-8-13-14-15-16/h8-10,12H,3-7H2,1-2H3. The van der Waals surface area contributed by atoms with Gasteiger partial charge in [0.1, 0.15) is 12.9 Å². The highest BCUT2D eigenvalue weighted by Gasteiger charge is 2.23. The van der Waals surface area contributed by atoms with Crippen LogP contribution in [0.15, 0.2) is 6.33 Å². The zero-order valence-corrected chi connectivity index (χ0v) is 10.9. The second-order valence-corrected chi connectivity index (χ2v) is 4.94. The molecule has 1 atom stereocenters. The molecule has 7 heteroatoms. The van der Waals surface area contributed by atoms with Gasteiger partial charge in [-0.3, -0.25) is 4.79 Å². The lowest BCUT2D eigenvalue weighted by Crippen LogP contribution is -2.46. The van der Waals surface area contributed by atoms with E-state index in [4.69, 9.17) is 0 Å². The molecule has 0 aromatic carbocycles. The van der Waals surface area contributed by atoms with Gasteiger partial charge in [-0.05, 0) is 43.7 Å². The molecule has 1 aliphatic rings. The molecule has 0 bridgehead atoms. The number of nitrogens with zero attached hydrogens (tertiary/aromatic N) is 5. The largest absolute Gasteiger partial charge is 0.337 e. The average molecular weight is 252 g/mol. The quantitative estimate of drug-likeness (QED) is 0.776. The molecule has 18 heavy (non-hydrogen) atoms. The fourth-order valence-corrected chi connectivity index (χ4v) is 2.23. The van der Waals surface area contributed by atoms with Crippen LogP contribution < -0.4 is 5.32 Å². The summed E-state index contributed by atoms with van der Waals surface area (Å²) in [5.74, 6) is 0.0611. The van der Waals surface area contributed by atoms with Crippen molar-refractivity contribution in [2.45, 2.75) is 45.3 Å². The van der Waals surface area contributed by atoms with E-state index in [2.05, 4.69) is 20.8 Å². The highest BCUT2D eigenvalue weighted by atomic mass is 16.2. The number of hydrogen-bond donors (Lipinski definition) is 1. The van der Waals surface area contributed by atoms with Crippen LogP contribution >= 0.6 is 0 Å². The number of aromatic nitrogens is 4. The molecule has 2 heterocycles. The SMILES string of the molecule is CC(C)N(CC1CCCN1)C(=O)Cn1cnnn1. The van der Waals surface area contributed by atoms with Gasteiger partial charge in [0.25, 0.3) is 0 Å². The summed E-state index contributed by atoms with van der Waals surface area (Å²) in [6.45, 7) is 6.09. The molecule has 100 valence electrons. The first-order valence-electron chi connectivity index (χ1n) is 6.40. The maximum Gasteiger partial charge on any atom is 0.244 e. The zero-order chi connectivity index (χ0) is 13.0. The summed E-state index contributed by atoms with van der Waals surface area (Å²) in [5.41, 5.74) is 0. The highest BCUT2D eigenvalue weighted by molar-refractivity contribution is 5.76. The van der Waals surface area contributed by atoms with Gasteiger partial charge in [0.15, 0.2) is 0 Å². The lowest BCUT2D eigenvalue weighted by Gasteiger charge is -2.29. The predicted octanol–water partition coefficient (Wildman–Crippen LogP) is -0.338. The number of carbonyl (C=O) groups is 1. The first-order valence-corrected chi connectivity index (χ1v) is 6.40. The maximum atomic E-state index is 12.2. The third kappa shape index (κ3) is 3.25. The molecular weight excluding hydrogens is 232 g/mol. The second kappa shape index (κ2) is 5.90. The van der Waals surface area contributed by atoms with E-state index >= 15 is 0 Å². The normalized spacial score (nSPS) is 19.4. The lowest BCUT2D eigenvalue weighted by atomic mass is 10.2. The first-order chi connectivity index (χ1) is 8.66. The van der Waals surface area contributed by atoms with Gasteiger partial charge in [-0.2, -0.15) is 0 Å². The van der Waals surface area contributed by atoms with Gasteiger partial charge in [-0.1, -0.05) is 0 Å². The van der Waals surface area contributed by atoms with Crippen molar-refractivity contribution in [3.63, 3.8) is 0 Å². The van der Waals surface area contributed by atoms with Crippen LogP contribution in [-0.4, -0.2) is 56.2 Å². The number of amides is 1. The van der Waals surface area contributed by atoms with Crippen molar-refractivity contribution in [1.82, 2.24) is 30.4 Å². The molecule has 1 unspecified atom stereocenters. The Kier molecular flexibility index (Phi) is 4.24. The van der Waals surface area contributed by atoms with Crippen LogP contribution in [0, 0.1) is 0 Å². The smallest absolute Gasteiger partial charge is 0.244 e. The van der Waals surface area contributed by atoms with Gasteiger partial charge >= 0.3 is 0 Å². The summed E-state index contributed by atoms with van der Waals surface area (Å²) in [6.07, 6.45) is 3.80. The molecule has 1 aromatic rings. The van der Waals surface area contributed by atoms with E-state index in [9.17, 15) is 4.79 Å². The van der Waals surface area contributed by atoms with Crippen molar-refractivity contribution >= 4 is 5.91 Å². The summed E-state index contributed by atoms with van der Waals surface area (Å²) in [4.78, 5) is 14.1. The van der Waals surface area contributed by atoms with Crippen molar-refractivity contribution in [1.29, 1.82) is 0 Å². The van der Waals surface area contributed by atoms with Gasteiger partial charge in [-0.15, -0.1) is 5.10 Å². The molecular formula is C11H20N6O. The summed E-state index contributed by atoms with van der Waals surface area (Å²) in [6, 6.07) is 0.613. The van der Waals surface area contributed by atoms with E-state index in [1.54, 1.807) is 0 Å². The lowest BCUT2D eigenvalue weighted by molar-refractivity contribution is -0.134. The Morgan fingerprint density at radius 3 is 3.00 bits per heavy atom. The zero-order valence-electron chi connectivity index (χ0n) is 10.9. The Bertz CT molecular complexity index is 371. The summed E-state index contributed by atoms with van der Waals surface area (Å²) >= 11 is 0. The minimum absolute atomic E-state index is 0.0611. The van der Waals surface area contributed by atoms with E-state index < -0.39 is 0 Å². The van der Waals surface area contributed by atoms with Gasteiger partial charge in [0.05, 0.1) is 0 Å². The van der Waals surface area contributed by atoms with Gasteiger partial charge < -0.3 is 10.2 Å². The molecule has 0 spiro atoms. The fourth-order valence-electron chi connectivity index (χ4n) is 2.23.